The lowest BCUT2D eigenvalue weighted by molar-refractivity contribution is -0.137. The van der Waals surface area contributed by atoms with Crippen molar-refractivity contribution in [2.45, 2.75) is 19.8 Å². The summed E-state index contributed by atoms with van der Waals surface area (Å²) in [5, 5.41) is 13.3. The van der Waals surface area contributed by atoms with Gasteiger partial charge in [-0.05, 0) is 36.9 Å². The van der Waals surface area contributed by atoms with Crippen LogP contribution in [0.3, 0.4) is 0 Å². The second-order valence-corrected chi connectivity index (χ2v) is 6.14. The number of aliphatic carboxylic acids is 1. The third-order valence-electron chi connectivity index (χ3n) is 4.24. The number of ether oxygens (including phenoxy) is 1. The molecule has 0 radical (unpaired) electrons. The van der Waals surface area contributed by atoms with Crippen LogP contribution in [-0.2, 0) is 9.59 Å². The summed E-state index contributed by atoms with van der Waals surface area (Å²) in [6.07, 6.45) is 0.353. The monoisotopic (exact) mass is 369 g/mol. The fourth-order valence-electron chi connectivity index (χ4n) is 2.88. The first-order valence-corrected chi connectivity index (χ1v) is 8.54. The molecule has 2 aromatic carbocycles. The van der Waals surface area contributed by atoms with E-state index in [0.29, 0.717) is 28.7 Å². The van der Waals surface area contributed by atoms with E-state index in [9.17, 15) is 14.4 Å². The predicted molar refractivity (Wildman–Crippen MR) is 100 cm³/mol. The minimum atomic E-state index is -0.902. The minimum Gasteiger partial charge on any atom is -0.483 e. The van der Waals surface area contributed by atoms with Gasteiger partial charge in [-0.3, -0.25) is 9.59 Å². The number of carbonyl (C=O) groups is 2. The van der Waals surface area contributed by atoms with Gasteiger partial charge in [0.25, 0.3) is 5.91 Å². The van der Waals surface area contributed by atoms with Crippen LogP contribution in [0.25, 0.3) is 21.7 Å². The fraction of sp³-hybridized carbons (Fsp3) is 0.250. The molecular formula is C20H19NO6. The van der Waals surface area contributed by atoms with Crippen molar-refractivity contribution < 1.29 is 23.8 Å². The van der Waals surface area contributed by atoms with Crippen molar-refractivity contribution in [3.05, 3.63) is 52.4 Å². The molecule has 7 nitrogen and oxygen atoms in total. The van der Waals surface area contributed by atoms with Crippen molar-refractivity contribution >= 4 is 33.6 Å². The van der Waals surface area contributed by atoms with Crippen molar-refractivity contribution in [2.24, 2.45) is 0 Å². The molecule has 0 bridgehead atoms. The number of benzene rings is 2. The van der Waals surface area contributed by atoms with E-state index in [4.69, 9.17) is 14.3 Å². The summed E-state index contributed by atoms with van der Waals surface area (Å²) in [5.74, 6) is -0.803. The largest absolute Gasteiger partial charge is 0.483 e. The molecule has 1 aromatic heterocycles. The first-order valence-electron chi connectivity index (χ1n) is 8.54. The van der Waals surface area contributed by atoms with E-state index in [1.54, 1.807) is 31.2 Å². The van der Waals surface area contributed by atoms with Crippen LogP contribution in [-0.4, -0.2) is 30.1 Å². The zero-order valence-electron chi connectivity index (χ0n) is 14.8. The number of rotatable bonds is 7. The molecule has 0 fully saturated rings. The predicted octanol–water partition coefficient (Wildman–Crippen LogP) is 2.61. The first-order chi connectivity index (χ1) is 13.0. The summed E-state index contributed by atoms with van der Waals surface area (Å²) in [7, 11) is 0. The van der Waals surface area contributed by atoms with Crippen LogP contribution >= 0.6 is 0 Å². The number of hydrogen-bond acceptors (Lipinski definition) is 5. The highest BCUT2D eigenvalue weighted by atomic mass is 16.5. The van der Waals surface area contributed by atoms with Crippen LogP contribution in [0.5, 0.6) is 5.75 Å². The standard InChI is InChI=1S/C20H19NO6/c1-12-16(26-11-17(22)21-10-4-7-18(23)24)9-8-14-13-5-2-3-6-15(13)20(25)27-19(12)14/h2-3,5-6,8-9H,4,7,10-11H2,1H3,(H,21,22)(H,23,24). The normalized spacial score (nSPS) is 10.9. The van der Waals surface area contributed by atoms with Gasteiger partial charge in [-0.25, -0.2) is 4.79 Å². The Hall–Kier alpha value is -3.35. The summed E-state index contributed by atoms with van der Waals surface area (Å²) in [5.41, 5.74) is 0.640. The second-order valence-electron chi connectivity index (χ2n) is 6.14. The van der Waals surface area contributed by atoms with Crippen molar-refractivity contribution in [3.63, 3.8) is 0 Å². The molecule has 0 aliphatic carbocycles. The number of amides is 1. The summed E-state index contributed by atoms with van der Waals surface area (Å²) in [6, 6.07) is 10.8. The summed E-state index contributed by atoms with van der Waals surface area (Å²) in [6.45, 7) is 1.82. The number of carbonyl (C=O) groups excluding carboxylic acids is 1. The first kappa shape index (κ1) is 18.4. The molecule has 0 atom stereocenters. The zero-order valence-corrected chi connectivity index (χ0v) is 14.8. The Bertz CT molecular complexity index is 1070. The highest BCUT2D eigenvalue weighted by Gasteiger charge is 2.13. The quantitative estimate of drug-likeness (QED) is 0.377. The Morgan fingerprint density at radius 2 is 1.85 bits per heavy atom. The maximum atomic E-state index is 12.2. The third kappa shape index (κ3) is 4.08. The number of hydrogen-bond donors (Lipinski definition) is 2. The Morgan fingerprint density at radius 3 is 2.59 bits per heavy atom. The van der Waals surface area contributed by atoms with Crippen molar-refractivity contribution in [3.8, 4) is 5.75 Å². The topological polar surface area (TPSA) is 106 Å². The molecular weight excluding hydrogens is 350 g/mol. The Labute approximate surface area is 154 Å². The van der Waals surface area contributed by atoms with Gasteiger partial charge in [-0.1, -0.05) is 18.2 Å². The van der Waals surface area contributed by atoms with Gasteiger partial charge < -0.3 is 19.6 Å². The lowest BCUT2D eigenvalue weighted by Gasteiger charge is -2.11. The molecule has 7 heteroatoms. The number of carboxylic acid groups (broad SMARTS) is 1. The van der Waals surface area contributed by atoms with Crippen molar-refractivity contribution in [2.75, 3.05) is 13.2 Å². The molecule has 3 rings (SSSR count). The van der Waals surface area contributed by atoms with Crippen LogP contribution in [0.1, 0.15) is 18.4 Å². The molecule has 2 N–H and O–H groups in total. The second kappa shape index (κ2) is 7.90. The highest BCUT2D eigenvalue weighted by Crippen LogP contribution is 2.30. The van der Waals surface area contributed by atoms with Gasteiger partial charge in [0, 0.05) is 23.9 Å². The number of aryl methyl sites for hydroxylation is 1. The molecule has 0 aliphatic heterocycles. The fourth-order valence-corrected chi connectivity index (χ4v) is 2.88. The maximum absolute atomic E-state index is 12.2. The molecule has 3 aromatic rings. The highest BCUT2D eigenvalue weighted by molar-refractivity contribution is 6.05. The lowest BCUT2D eigenvalue weighted by atomic mass is 10.0. The molecule has 0 spiro atoms. The Kier molecular flexibility index (Phi) is 5.40. The average Bonchev–Trinajstić information content (AvgIpc) is 2.65. The van der Waals surface area contributed by atoms with Gasteiger partial charge in [-0.15, -0.1) is 0 Å². The maximum Gasteiger partial charge on any atom is 0.344 e. The number of carboxylic acids is 1. The molecule has 27 heavy (non-hydrogen) atoms. The molecule has 140 valence electrons. The SMILES string of the molecule is Cc1c(OCC(=O)NCCCC(=O)O)ccc2c1oc(=O)c1ccccc12. The van der Waals surface area contributed by atoms with E-state index >= 15 is 0 Å². The van der Waals surface area contributed by atoms with E-state index in [2.05, 4.69) is 5.32 Å². The summed E-state index contributed by atoms with van der Waals surface area (Å²) < 4.78 is 11.0. The van der Waals surface area contributed by atoms with Crippen LogP contribution in [0.4, 0.5) is 0 Å². The Morgan fingerprint density at radius 1 is 1.11 bits per heavy atom. The van der Waals surface area contributed by atoms with E-state index in [1.807, 2.05) is 12.1 Å². The van der Waals surface area contributed by atoms with Gasteiger partial charge in [0.2, 0.25) is 0 Å². The van der Waals surface area contributed by atoms with Gasteiger partial charge in [0.05, 0.1) is 5.39 Å². The molecule has 1 heterocycles. The lowest BCUT2D eigenvalue weighted by Crippen LogP contribution is -2.30. The third-order valence-corrected chi connectivity index (χ3v) is 4.24. The van der Waals surface area contributed by atoms with Crippen LogP contribution in [0.2, 0.25) is 0 Å². The molecule has 0 saturated carbocycles. The number of nitrogens with one attached hydrogen (secondary N) is 1. The van der Waals surface area contributed by atoms with Crippen molar-refractivity contribution in [1.29, 1.82) is 0 Å². The summed E-state index contributed by atoms with van der Waals surface area (Å²) in [4.78, 5) is 34.4. The Balaban J connectivity index is 1.75. The van der Waals surface area contributed by atoms with Crippen molar-refractivity contribution in [1.82, 2.24) is 5.32 Å². The number of fused-ring (bicyclic) bond motifs is 3. The van der Waals surface area contributed by atoms with Gasteiger partial charge in [0.15, 0.2) is 6.61 Å². The van der Waals surface area contributed by atoms with E-state index in [1.165, 1.54) is 0 Å². The molecule has 0 unspecified atom stereocenters. The van der Waals surface area contributed by atoms with E-state index < -0.39 is 11.6 Å². The van der Waals surface area contributed by atoms with Gasteiger partial charge in [-0.2, -0.15) is 0 Å². The zero-order chi connectivity index (χ0) is 19.4. The van der Waals surface area contributed by atoms with E-state index in [-0.39, 0.29) is 25.5 Å². The smallest absolute Gasteiger partial charge is 0.344 e. The van der Waals surface area contributed by atoms with Gasteiger partial charge in [0.1, 0.15) is 11.3 Å². The molecule has 0 aliphatic rings. The van der Waals surface area contributed by atoms with Crippen LogP contribution in [0.15, 0.2) is 45.6 Å². The molecule has 1 amide bonds. The van der Waals surface area contributed by atoms with Gasteiger partial charge >= 0.3 is 11.6 Å². The van der Waals surface area contributed by atoms with Crippen LogP contribution in [0, 0.1) is 6.92 Å². The average molecular weight is 369 g/mol. The summed E-state index contributed by atoms with van der Waals surface area (Å²) >= 11 is 0. The minimum absolute atomic E-state index is 0.00207. The van der Waals surface area contributed by atoms with E-state index in [0.717, 1.165) is 10.8 Å². The molecule has 0 saturated heterocycles. The van der Waals surface area contributed by atoms with Crippen LogP contribution < -0.4 is 15.7 Å².